The van der Waals surface area contributed by atoms with Gasteiger partial charge in [0.1, 0.15) is 5.52 Å². The molecule has 2 N–H and O–H groups in total. The first kappa shape index (κ1) is 13.3. The molecule has 0 spiro atoms. The van der Waals surface area contributed by atoms with Crippen molar-refractivity contribution in [2.24, 2.45) is 0 Å². The zero-order valence-electron chi connectivity index (χ0n) is 10.4. The summed E-state index contributed by atoms with van der Waals surface area (Å²) in [6.45, 7) is 0. The number of anilines is 1. The van der Waals surface area contributed by atoms with Crippen molar-refractivity contribution < 1.29 is 8.78 Å². The summed E-state index contributed by atoms with van der Waals surface area (Å²) in [5, 5.41) is 9.01. The van der Waals surface area contributed by atoms with Crippen LogP contribution in [-0.2, 0) is 0 Å². The van der Waals surface area contributed by atoms with Crippen LogP contribution in [-0.4, -0.2) is 9.55 Å². The maximum Gasteiger partial charge on any atom is 0.206 e. The lowest BCUT2D eigenvalue weighted by atomic mass is 10.2. The van der Waals surface area contributed by atoms with Gasteiger partial charge in [0.05, 0.1) is 27.9 Å². The van der Waals surface area contributed by atoms with Gasteiger partial charge < -0.3 is 5.73 Å². The van der Waals surface area contributed by atoms with Gasteiger partial charge in [0.25, 0.3) is 0 Å². The molecule has 0 bridgehead atoms. The summed E-state index contributed by atoms with van der Waals surface area (Å²) < 4.78 is 28.7. The van der Waals surface area contributed by atoms with Gasteiger partial charge in [-0.1, -0.05) is 11.6 Å². The van der Waals surface area contributed by atoms with E-state index in [1.165, 1.54) is 28.8 Å². The second kappa shape index (κ2) is 4.72. The molecule has 3 aromatic rings. The van der Waals surface area contributed by atoms with Gasteiger partial charge in [-0.05, 0) is 30.3 Å². The lowest BCUT2D eigenvalue weighted by molar-refractivity contribution is 0.514. The maximum atomic E-state index is 14.0. The standard InChI is InChI=1S/C14H7ClF2N4/c15-8-5-7(6-18)1-4-11(8)21-13-10(20-14(21)19)3-2-9(16)12(13)17/h1-5H,(H2,19,20). The van der Waals surface area contributed by atoms with Crippen LogP contribution >= 0.6 is 11.6 Å². The molecule has 1 aromatic heterocycles. The van der Waals surface area contributed by atoms with E-state index < -0.39 is 11.6 Å². The number of nitriles is 1. The molecule has 0 amide bonds. The summed E-state index contributed by atoms with van der Waals surface area (Å²) in [4.78, 5) is 3.99. The minimum Gasteiger partial charge on any atom is -0.369 e. The van der Waals surface area contributed by atoms with Crippen LogP contribution in [0.2, 0.25) is 5.02 Å². The summed E-state index contributed by atoms with van der Waals surface area (Å²) in [6, 6.07) is 8.67. The number of nitrogen functional groups attached to an aromatic ring is 1. The quantitative estimate of drug-likeness (QED) is 0.749. The Morgan fingerprint density at radius 3 is 2.67 bits per heavy atom. The van der Waals surface area contributed by atoms with Gasteiger partial charge in [0.2, 0.25) is 5.95 Å². The van der Waals surface area contributed by atoms with Gasteiger partial charge in [0, 0.05) is 0 Å². The van der Waals surface area contributed by atoms with Crippen LogP contribution in [0.3, 0.4) is 0 Å². The molecule has 0 saturated heterocycles. The van der Waals surface area contributed by atoms with E-state index in [-0.39, 0.29) is 22.0 Å². The fraction of sp³-hybridized carbons (Fsp3) is 0. The number of hydrogen-bond donors (Lipinski definition) is 1. The molecule has 104 valence electrons. The van der Waals surface area contributed by atoms with Crippen LogP contribution in [0, 0.1) is 23.0 Å². The number of aromatic nitrogens is 2. The van der Waals surface area contributed by atoms with Crippen molar-refractivity contribution in [3.8, 4) is 11.8 Å². The van der Waals surface area contributed by atoms with Crippen molar-refractivity contribution >= 4 is 28.6 Å². The number of hydrogen-bond acceptors (Lipinski definition) is 3. The Bertz CT molecular complexity index is 911. The summed E-state index contributed by atoms with van der Waals surface area (Å²) in [5.74, 6) is -2.09. The first-order valence-electron chi connectivity index (χ1n) is 5.85. The van der Waals surface area contributed by atoms with E-state index in [9.17, 15) is 8.78 Å². The van der Waals surface area contributed by atoms with Crippen molar-refractivity contribution in [2.75, 3.05) is 5.73 Å². The fourth-order valence-electron chi connectivity index (χ4n) is 2.12. The van der Waals surface area contributed by atoms with E-state index in [1.54, 1.807) is 0 Å². The molecular formula is C14H7ClF2N4. The molecular weight excluding hydrogens is 298 g/mol. The van der Waals surface area contributed by atoms with Gasteiger partial charge in [-0.25, -0.2) is 13.8 Å². The Morgan fingerprint density at radius 1 is 1.24 bits per heavy atom. The molecule has 0 unspecified atom stereocenters. The number of rotatable bonds is 1. The zero-order chi connectivity index (χ0) is 15.1. The third kappa shape index (κ3) is 1.99. The van der Waals surface area contributed by atoms with Crippen LogP contribution in [0.5, 0.6) is 0 Å². The Hall–Kier alpha value is -2.65. The molecule has 0 aliphatic heterocycles. The molecule has 4 nitrogen and oxygen atoms in total. The van der Waals surface area contributed by atoms with Crippen LogP contribution in [0.15, 0.2) is 30.3 Å². The predicted octanol–water partition coefficient (Wildman–Crippen LogP) is 3.41. The average Bonchev–Trinajstić information content (AvgIpc) is 2.80. The second-order valence-corrected chi connectivity index (χ2v) is 4.72. The van der Waals surface area contributed by atoms with Gasteiger partial charge >= 0.3 is 0 Å². The van der Waals surface area contributed by atoms with E-state index in [2.05, 4.69) is 4.98 Å². The van der Waals surface area contributed by atoms with Gasteiger partial charge in [-0.3, -0.25) is 4.57 Å². The van der Waals surface area contributed by atoms with Crippen LogP contribution in [0.1, 0.15) is 5.56 Å². The normalized spacial score (nSPS) is 10.8. The highest BCUT2D eigenvalue weighted by molar-refractivity contribution is 6.32. The van der Waals surface area contributed by atoms with Crippen LogP contribution < -0.4 is 5.73 Å². The molecule has 0 fully saturated rings. The lowest BCUT2D eigenvalue weighted by Crippen LogP contribution is -2.03. The number of nitrogens with zero attached hydrogens (tertiary/aromatic N) is 3. The molecule has 21 heavy (non-hydrogen) atoms. The van der Waals surface area contributed by atoms with Gasteiger partial charge in [-0.2, -0.15) is 5.26 Å². The number of benzene rings is 2. The topological polar surface area (TPSA) is 67.6 Å². The molecule has 0 aliphatic carbocycles. The van der Waals surface area contributed by atoms with E-state index >= 15 is 0 Å². The third-order valence-electron chi connectivity index (χ3n) is 3.05. The second-order valence-electron chi connectivity index (χ2n) is 4.31. The molecule has 1 heterocycles. The molecule has 0 radical (unpaired) electrons. The van der Waals surface area contributed by atoms with Crippen molar-refractivity contribution in [3.05, 3.63) is 52.6 Å². The Labute approximate surface area is 123 Å². The Morgan fingerprint density at radius 2 is 2.00 bits per heavy atom. The summed E-state index contributed by atoms with van der Waals surface area (Å²) in [7, 11) is 0. The van der Waals surface area contributed by atoms with E-state index in [1.807, 2.05) is 6.07 Å². The predicted molar refractivity (Wildman–Crippen MR) is 75.1 cm³/mol. The SMILES string of the molecule is N#Cc1ccc(-n2c(N)nc3ccc(F)c(F)c32)c(Cl)c1. The Balaban J connectivity index is 2.38. The highest BCUT2D eigenvalue weighted by Gasteiger charge is 2.18. The van der Waals surface area contributed by atoms with Gasteiger partial charge in [0.15, 0.2) is 11.6 Å². The van der Waals surface area contributed by atoms with Gasteiger partial charge in [-0.15, -0.1) is 0 Å². The van der Waals surface area contributed by atoms with Crippen molar-refractivity contribution in [1.82, 2.24) is 9.55 Å². The molecule has 2 aromatic carbocycles. The fourth-order valence-corrected chi connectivity index (χ4v) is 2.39. The number of imidazole rings is 1. The molecule has 0 saturated carbocycles. The monoisotopic (exact) mass is 304 g/mol. The highest BCUT2D eigenvalue weighted by atomic mass is 35.5. The number of fused-ring (bicyclic) bond motifs is 1. The number of halogens is 3. The molecule has 0 atom stereocenters. The number of nitrogens with two attached hydrogens (primary N) is 1. The average molecular weight is 305 g/mol. The Kier molecular flexibility index (Phi) is 3.00. The molecule has 7 heteroatoms. The first-order chi connectivity index (χ1) is 10.0. The molecule has 3 rings (SSSR count). The van der Waals surface area contributed by atoms with E-state index in [0.29, 0.717) is 11.3 Å². The van der Waals surface area contributed by atoms with Crippen LogP contribution in [0.25, 0.3) is 16.7 Å². The largest absolute Gasteiger partial charge is 0.369 e. The van der Waals surface area contributed by atoms with Crippen molar-refractivity contribution in [1.29, 1.82) is 5.26 Å². The van der Waals surface area contributed by atoms with E-state index in [0.717, 1.165) is 6.07 Å². The zero-order valence-corrected chi connectivity index (χ0v) is 11.2. The first-order valence-corrected chi connectivity index (χ1v) is 6.22. The van der Waals surface area contributed by atoms with Crippen molar-refractivity contribution in [2.45, 2.75) is 0 Å². The minimum atomic E-state index is -1.06. The summed E-state index contributed by atoms with van der Waals surface area (Å²) in [5.41, 5.74) is 6.56. The summed E-state index contributed by atoms with van der Waals surface area (Å²) in [6.07, 6.45) is 0. The van der Waals surface area contributed by atoms with E-state index in [4.69, 9.17) is 22.6 Å². The highest BCUT2D eigenvalue weighted by Crippen LogP contribution is 2.30. The van der Waals surface area contributed by atoms with Crippen molar-refractivity contribution in [3.63, 3.8) is 0 Å². The maximum absolute atomic E-state index is 14.0. The summed E-state index contributed by atoms with van der Waals surface area (Å²) >= 11 is 6.09. The lowest BCUT2D eigenvalue weighted by Gasteiger charge is -2.09. The third-order valence-corrected chi connectivity index (χ3v) is 3.36. The smallest absolute Gasteiger partial charge is 0.206 e. The van der Waals surface area contributed by atoms with Crippen LogP contribution in [0.4, 0.5) is 14.7 Å². The minimum absolute atomic E-state index is 0.0268. The molecule has 0 aliphatic rings.